The van der Waals surface area contributed by atoms with Crippen molar-refractivity contribution in [1.82, 2.24) is 19.5 Å². The van der Waals surface area contributed by atoms with E-state index in [1.807, 2.05) is 0 Å². The van der Waals surface area contributed by atoms with Crippen LogP contribution in [0.3, 0.4) is 0 Å². The summed E-state index contributed by atoms with van der Waals surface area (Å²) in [6.45, 7) is 0. The van der Waals surface area contributed by atoms with Gasteiger partial charge < -0.3 is 8.98 Å². The largest absolute Gasteiger partial charge is 0.455 e. The van der Waals surface area contributed by atoms with Crippen molar-refractivity contribution in [2.45, 2.75) is 12.8 Å². The predicted molar refractivity (Wildman–Crippen MR) is 291 cm³/mol. The average Bonchev–Trinajstić information content (AvgIpc) is 3.96. The number of benzene rings is 11. The lowest BCUT2D eigenvalue weighted by atomic mass is 9.89. The third-order valence-electron chi connectivity index (χ3n) is 14.6. The minimum Gasteiger partial charge on any atom is -0.455 e. The van der Waals surface area contributed by atoms with Crippen LogP contribution in [0.5, 0.6) is 0 Å². The highest BCUT2D eigenvalue weighted by Gasteiger charge is 2.29. The zero-order chi connectivity index (χ0) is 45.9. The summed E-state index contributed by atoms with van der Waals surface area (Å²) in [6, 6.07) is 74.0. The smallest absolute Gasteiger partial charge is 0.166 e. The van der Waals surface area contributed by atoms with Gasteiger partial charge in [0, 0.05) is 32.7 Å². The summed E-state index contributed by atoms with van der Waals surface area (Å²) in [5, 5.41) is 13.4. The number of nitrogens with zero attached hydrogens (tertiary/aromatic N) is 4. The molecule has 0 amide bonds. The zero-order valence-electron chi connectivity index (χ0n) is 37.9. The first-order chi connectivity index (χ1) is 34.7. The molecule has 326 valence electrons. The molecule has 3 aromatic heterocycles. The Labute approximate surface area is 402 Å². The summed E-state index contributed by atoms with van der Waals surface area (Å²) in [4.78, 5) is 16.9. The topological polar surface area (TPSA) is 56.7 Å². The fraction of sp³-hybridized carbons (Fsp3) is 0.0308. The van der Waals surface area contributed by atoms with Crippen molar-refractivity contribution in [3.63, 3.8) is 0 Å². The van der Waals surface area contributed by atoms with Gasteiger partial charge in [-0.15, -0.1) is 0 Å². The van der Waals surface area contributed by atoms with E-state index in [9.17, 15) is 0 Å². The molecule has 0 radical (unpaired) electrons. The van der Waals surface area contributed by atoms with Gasteiger partial charge in [-0.05, 0) is 109 Å². The van der Waals surface area contributed by atoms with Crippen molar-refractivity contribution in [3.8, 4) is 51.0 Å². The van der Waals surface area contributed by atoms with Crippen LogP contribution in [0.4, 0.5) is 0 Å². The van der Waals surface area contributed by atoms with Gasteiger partial charge in [0.1, 0.15) is 11.2 Å². The summed E-state index contributed by atoms with van der Waals surface area (Å²) < 4.78 is 9.50. The van der Waals surface area contributed by atoms with Crippen LogP contribution in [-0.4, -0.2) is 19.5 Å². The van der Waals surface area contributed by atoms with Crippen LogP contribution in [0.25, 0.3) is 144 Å². The van der Waals surface area contributed by atoms with E-state index in [0.717, 1.165) is 106 Å². The Kier molecular flexibility index (Phi) is 8.42. The Morgan fingerprint density at radius 1 is 0.414 bits per heavy atom. The van der Waals surface area contributed by atoms with Gasteiger partial charge in [0.15, 0.2) is 17.5 Å². The summed E-state index contributed by atoms with van der Waals surface area (Å²) in [7, 11) is 0. The second kappa shape index (κ2) is 15.2. The first-order valence-corrected chi connectivity index (χ1v) is 24.1. The summed E-state index contributed by atoms with van der Waals surface area (Å²) in [5.74, 6) is 1.82. The van der Waals surface area contributed by atoms with Crippen LogP contribution in [-0.2, 0) is 6.42 Å². The maximum atomic E-state index is 7.02. The van der Waals surface area contributed by atoms with Gasteiger partial charge in [-0.25, -0.2) is 15.0 Å². The number of fused-ring (bicyclic) bond motifs is 13. The van der Waals surface area contributed by atoms with E-state index in [1.54, 1.807) is 0 Å². The van der Waals surface area contributed by atoms with Gasteiger partial charge in [0.05, 0.1) is 27.7 Å². The van der Waals surface area contributed by atoms with Gasteiger partial charge in [-0.2, -0.15) is 0 Å². The molecular weight excluding hydrogens is 853 g/mol. The van der Waals surface area contributed by atoms with Crippen molar-refractivity contribution in [2.75, 3.05) is 0 Å². The highest BCUT2D eigenvalue weighted by atomic mass is 16.3. The normalized spacial score (nSPS) is 12.7. The van der Waals surface area contributed by atoms with Gasteiger partial charge in [0.25, 0.3) is 0 Å². The molecule has 0 saturated carbocycles. The molecule has 0 atom stereocenters. The predicted octanol–water partition coefficient (Wildman–Crippen LogP) is 17.1. The van der Waals surface area contributed by atoms with E-state index < -0.39 is 0 Å². The Hall–Kier alpha value is -9.19. The number of hydrogen-bond donors (Lipinski definition) is 0. The molecule has 5 heteroatoms. The van der Waals surface area contributed by atoms with Crippen LogP contribution in [0.1, 0.15) is 17.5 Å². The Bertz CT molecular complexity index is 4430. The molecule has 11 aromatic carbocycles. The maximum Gasteiger partial charge on any atom is 0.166 e. The first-order valence-electron chi connectivity index (χ1n) is 24.1. The maximum absolute atomic E-state index is 7.02. The molecule has 1 aliphatic rings. The van der Waals surface area contributed by atoms with Crippen molar-refractivity contribution < 1.29 is 4.42 Å². The Morgan fingerprint density at radius 2 is 0.957 bits per heavy atom. The Morgan fingerprint density at radius 3 is 1.67 bits per heavy atom. The fourth-order valence-electron chi connectivity index (χ4n) is 11.4. The molecule has 0 bridgehead atoms. The van der Waals surface area contributed by atoms with Gasteiger partial charge in [-0.3, -0.25) is 0 Å². The van der Waals surface area contributed by atoms with Gasteiger partial charge in [0.2, 0.25) is 0 Å². The van der Waals surface area contributed by atoms with E-state index in [4.69, 9.17) is 19.4 Å². The fourth-order valence-corrected chi connectivity index (χ4v) is 11.4. The van der Waals surface area contributed by atoms with E-state index in [1.165, 1.54) is 38.1 Å². The number of aryl methyl sites for hydroxylation is 1. The van der Waals surface area contributed by atoms with Crippen LogP contribution in [0.15, 0.2) is 217 Å². The zero-order valence-corrected chi connectivity index (χ0v) is 37.9. The molecule has 0 unspecified atom stereocenters. The van der Waals surface area contributed by atoms with E-state index in [2.05, 4.69) is 223 Å². The summed E-state index contributed by atoms with van der Waals surface area (Å²) in [6.07, 6.45) is 6.51. The van der Waals surface area contributed by atoms with E-state index in [0.29, 0.717) is 17.5 Å². The van der Waals surface area contributed by atoms with Crippen molar-refractivity contribution in [3.05, 3.63) is 223 Å². The molecule has 0 fully saturated rings. The third kappa shape index (κ3) is 5.88. The summed E-state index contributed by atoms with van der Waals surface area (Å²) >= 11 is 0. The van der Waals surface area contributed by atoms with Crippen LogP contribution >= 0.6 is 0 Å². The molecule has 0 aliphatic heterocycles. The van der Waals surface area contributed by atoms with Crippen molar-refractivity contribution in [1.29, 1.82) is 0 Å². The van der Waals surface area contributed by atoms with Crippen molar-refractivity contribution >= 4 is 92.9 Å². The standard InChI is InChI=1S/C65H40N4O/c1-2-16-39(17-3-1)40-30-32-41(33-31-40)63-66-64(55-36-46-22-8-9-23-47(46)48-24-10-11-25-49(48)55)68-65(67-63)60-50-26-12-13-27-51(50)62-59(52-28-14-15-29-58(52)70-62)61(60)69-56-37-44-20-6-4-18-42(44)34-53(56)54-35-43-19-5-7-21-45(43)38-57(54)69/h1-7,9-21,23-38H,8,22H2. The number of allylic oxidation sites excluding steroid dienone is 1. The molecular formula is C65H40N4O. The average molecular weight is 893 g/mol. The van der Waals surface area contributed by atoms with Gasteiger partial charge >= 0.3 is 0 Å². The van der Waals surface area contributed by atoms with Crippen LogP contribution < -0.4 is 0 Å². The third-order valence-corrected chi connectivity index (χ3v) is 14.6. The molecule has 5 nitrogen and oxygen atoms in total. The number of hydrogen-bond acceptors (Lipinski definition) is 4. The molecule has 0 spiro atoms. The molecule has 14 aromatic rings. The second-order valence-electron chi connectivity index (χ2n) is 18.6. The molecule has 3 heterocycles. The van der Waals surface area contributed by atoms with E-state index in [-0.39, 0.29) is 0 Å². The monoisotopic (exact) mass is 892 g/mol. The molecule has 70 heavy (non-hydrogen) atoms. The quantitative estimate of drug-likeness (QED) is 0.173. The van der Waals surface area contributed by atoms with Crippen LogP contribution in [0.2, 0.25) is 0 Å². The lowest BCUT2D eigenvalue weighted by Crippen LogP contribution is -2.06. The number of furan rings is 1. The highest BCUT2D eigenvalue weighted by Crippen LogP contribution is 2.49. The van der Waals surface area contributed by atoms with Crippen LogP contribution in [0, 0.1) is 0 Å². The first kappa shape index (κ1) is 38.9. The van der Waals surface area contributed by atoms with E-state index >= 15 is 0 Å². The second-order valence-corrected chi connectivity index (χ2v) is 18.6. The molecule has 0 saturated heterocycles. The molecule has 15 rings (SSSR count). The number of rotatable bonds is 5. The Balaban J connectivity index is 1.12. The number of aromatic nitrogens is 4. The molecule has 0 N–H and O–H groups in total. The minimum atomic E-state index is 0.587. The minimum absolute atomic E-state index is 0.587. The number of para-hydroxylation sites is 1. The lowest BCUT2D eigenvalue weighted by Gasteiger charge is -2.20. The SMILES string of the molecule is C1=Cc2c(cc(-c3nc(-c4ccc(-c5ccccc5)cc4)nc(-c4c(-n5c6cc7ccccc7cc6c6cc7ccccc7cc65)c5c6ccccc6oc5c5ccccc45)n3)c3ccccc23)CC1. The summed E-state index contributed by atoms with van der Waals surface area (Å²) in [5.41, 5.74) is 12.5. The lowest BCUT2D eigenvalue weighted by molar-refractivity contribution is 0.672. The molecule has 1 aliphatic carbocycles. The van der Waals surface area contributed by atoms with Gasteiger partial charge in [-0.1, -0.05) is 182 Å². The van der Waals surface area contributed by atoms with Crippen molar-refractivity contribution in [2.24, 2.45) is 0 Å². The highest BCUT2D eigenvalue weighted by molar-refractivity contribution is 6.26.